The van der Waals surface area contributed by atoms with Crippen molar-refractivity contribution in [3.8, 4) is 0 Å². The smallest absolute Gasteiger partial charge is 0.0865 e. The minimum Gasteiger partial charge on any atom is -0.373 e. The minimum absolute atomic E-state index is 0.293. The molecule has 0 spiro atoms. The molecular formula is C18H27NO. The average Bonchev–Trinajstić information content (AvgIpc) is 3.33. The number of hydrogen-bond acceptors (Lipinski definition) is 2. The van der Waals surface area contributed by atoms with Crippen molar-refractivity contribution in [3.05, 3.63) is 35.4 Å². The molecule has 1 saturated carbocycles. The molecular weight excluding hydrogens is 246 g/mol. The molecule has 0 bridgehead atoms. The van der Waals surface area contributed by atoms with Crippen LogP contribution in [0.4, 0.5) is 0 Å². The van der Waals surface area contributed by atoms with E-state index in [9.17, 15) is 0 Å². The highest BCUT2D eigenvalue weighted by Crippen LogP contribution is 2.41. The van der Waals surface area contributed by atoms with Crippen LogP contribution in [0.15, 0.2) is 24.3 Å². The molecule has 1 aliphatic heterocycles. The minimum atomic E-state index is 0.293. The lowest BCUT2D eigenvalue weighted by Gasteiger charge is -2.32. The van der Waals surface area contributed by atoms with Crippen LogP contribution < -0.4 is 5.32 Å². The van der Waals surface area contributed by atoms with Gasteiger partial charge < -0.3 is 10.1 Å². The van der Waals surface area contributed by atoms with Gasteiger partial charge in [0.1, 0.15) is 0 Å². The van der Waals surface area contributed by atoms with E-state index in [4.69, 9.17) is 4.74 Å². The summed E-state index contributed by atoms with van der Waals surface area (Å²) in [6.07, 6.45) is 6.74. The Morgan fingerprint density at radius 1 is 1.10 bits per heavy atom. The fraction of sp³-hybridized carbons (Fsp3) is 0.667. The Balaban J connectivity index is 1.64. The molecule has 2 aliphatic rings. The largest absolute Gasteiger partial charge is 0.373 e. The summed E-state index contributed by atoms with van der Waals surface area (Å²) in [5, 5.41) is 3.56. The summed E-state index contributed by atoms with van der Waals surface area (Å²) in [5.41, 5.74) is 2.89. The van der Waals surface area contributed by atoms with Gasteiger partial charge in [-0.25, -0.2) is 0 Å². The van der Waals surface area contributed by atoms with Gasteiger partial charge in [-0.3, -0.25) is 0 Å². The zero-order chi connectivity index (χ0) is 13.8. The number of nitrogens with one attached hydrogen (secondary N) is 1. The number of ether oxygens (including phenoxy) is 1. The molecule has 1 heterocycles. The lowest BCUT2D eigenvalue weighted by atomic mass is 9.89. The average molecular weight is 273 g/mol. The second-order valence-electron chi connectivity index (χ2n) is 6.34. The zero-order valence-corrected chi connectivity index (χ0v) is 12.6. The molecule has 1 aromatic carbocycles. The molecule has 1 saturated heterocycles. The first kappa shape index (κ1) is 14.1. The lowest BCUT2D eigenvalue weighted by Crippen LogP contribution is -2.32. The molecule has 0 radical (unpaired) electrons. The molecule has 2 heteroatoms. The van der Waals surface area contributed by atoms with Crippen LogP contribution in [0.25, 0.3) is 0 Å². The first-order valence-corrected chi connectivity index (χ1v) is 8.30. The highest BCUT2D eigenvalue weighted by molar-refractivity contribution is 5.29. The van der Waals surface area contributed by atoms with Crippen LogP contribution >= 0.6 is 0 Å². The third-order valence-electron chi connectivity index (χ3n) is 4.59. The van der Waals surface area contributed by atoms with Crippen molar-refractivity contribution in [1.82, 2.24) is 5.32 Å². The van der Waals surface area contributed by atoms with Crippen LogP contribution in [0.3, 0.4) is 0 Å². The highest BCUT2D eigenvalue weighted by atomic mass is 16.5. The van der Waals surface area contributed by atoms with Crippen molar-refractivity contribution in [2.75, 3.05) is 19.7 Å². The maximum Gasteiger partial charge on any atom is 0.0865 e. The van der Waals surface area contributed by atoms with Crippen molar-refractivity contribution < 1.29 is 4.74 Å². The zero-order valence-electron chi connectivity index (χ0n) is 12.6. The van der Waals surface area contributed by atoms with Gasteiger partial charge >= 0.3 is 0 Å². The van der Waals surface area contributed by atoms with Crippen LogP contribution in [0.1, 0.15) is 62.2 Å². The first-order valence-electron chi connectivity index (χ1n) is 8.30. The van der Waals surface area contributed by atoms with Gasteiger partial charge in [-0.15, -0.1) is 0 Å². The van der Waals surface area contributed by atoms with Gasteiger partial charge in [-0.1, -0.05) is 31.2 Å². The van der Waals surface area contributed by atoms with Crippen molar-refractivity contribution in [3.63, 3.8) is 0 Å². The predicted molar refractivity (Wildman–Crippen MR) is 83.0 cm³/mol. The highest BCUT2D eigenvalue weighted by Gasteiger charge is 2.28. The van der Waals surface area contributed by atoms with Crippen molar-refractivity contribution in [2.45, 2.75) is 51.0 Å². The first-order chi connectivity index (χ1) is 9.88. The number of hydrogen-bond donors (Lipinski definition) is 1. The third-order valence-corrected chi connectivity index (χ3v) is 4.59. The Labute approximate surface area is 122 Å². The summed E-state index contributed by atoms with van der Waals surface area (Å²) in [7, 11) is 0. The normalized spacial score (nSPS) is 26.6. The maximum absolute atomic E-state index is 6.08. The van der Waals surface area contributed by atoms with E-state index in [-0.39, 0.29) is 0 Å². The second-order valence-corrected chi connectivity index (χ2v) is 6.34. The fourth-order valence-corrected chi connectivity index (χ4v) is 3.26. The molecule has 0 aromatic heterocycles. The van der Waals surface area contributed by atoms with Crippen LogP contribution in [-0.4, -0.2) is 19.7 Å². The van der Waals surface area contributed by atoms with Crippen LogP contribution in [0.5, 0.6) is 0 Å². The van der Waals surface area contributed by atoms with Crippen molar-refractivity contribution >= 4 is 0 Å². The predicted octanol–water partition coefficient (Wildman–Crippen LogP) is 4.03. The Morgan fingerprint density at radius 2 is 1.85 bits per heavy atom. The van der Waals surface area contributed by atoms with Gasteiger partial charge in [-0.2, -0.15) is 0 Å². The Hall–Kier alpha value is -0.860. The lowest BCUT2D eigenvalue weighted by molar-refractivity contribution is -0.0277. The number of rotatable bonds is 6. The number of benzene rings is 1. The monoisotopic (exact) mass is 273 g/mol. The fourth-order valence-electron chi connectivity index (χ4n) is 3.26. The van der Waals surface area contributed by atoms with E-state index in [2.05, 4.69) is 36.5 Å². The molecule has 3 rings (SSSR count). The summed E-state index contributed by atoms with van der Waals surface area (Å²) in [5.74, 6) is 1.47. The van der Waals surface area contributed by atoms with Gasteiger partial charge in [-0.05, 0) is 55.7 Å². The second kappa shape index (κ2) is 6.73. The van der Waals surface area contributed by atoms with E-state index in [1.807, 2.05) is 0 Å². The molecule has 2 fully saturated rings. The van der Waals surface area contributed by atoms with E-state index in [0.29, 0.717) is 12.0 Å². The maximum atomic E-state index is 6.08. The van der Waals surface area contributed by atoms with Gasteiger partial charge in [0, 0.05) is 19.1 Å². The Morgan fingerprint density at radius 3 is 2.55 bits per heavy atom. The van der Waals surface area contributed by atoms with E-state index in [1.165, 1.54) is 43.2 Å². The van der Waals surface area contributed by atoms with E-state index in [0.717, 1.165) is 25.6 Å². The Bertz CT molecular complexity index is 410. The molecule has 20 heavy (non-hydrogen) atoms. The van der Waals surface area contributed by atoms with Gasteiger partial charge in [0.25, 0.3) is 0 Å². The topological polar surface area (TPSA) is 21.3 Å². The quantitative estimate of drug-likeness (QED) is 0.790. The SMILES string of the molecule is CCCNCC1CCCOC1c1ccc(C2CC2)cc1. The molecule has 2 nitrogen and oxygen atoms in total. The molecule has 0 amide bonds. The van der Waals surface area contributed by atoms with Crippen LogP contribution in [-0.2, 0) is 4.74 Å². The molecule has 1 aliphatic carbocycles. The summed E-state index contributed by atoms with van der Waals surface area (Å²) in [6.45, 7) is 5.34. The summed E-state index contributed by atoms with van der Waals surface area (Å²) in [4.78, 5) is 0. The summed E-state index contributed by atoms with van der Waals surface area (Å²) < 4.78 is 6.08. The molecule has 2 atom stereocenters. The van der Waals surface area contributed by atoms with Gasteiger partial charge in [0.15, 0.2) is 0 Å². The molecule has 110 valence electrons. The summed E-state index contributed by atoms with van der Waals surface area (Å²) >= 11 is 0. The van der Waals surface area contributed by atoms with E-state index in [1.54, 1.807) is 0 Å². The van der Waals surface area contributed by atoms with Crippen molar-refractivity contribution in [1.29, 1.82) is 0 Å². The van der Waals surface area contributed by atoms with E-state index >= 15 is 0 Å². The molecule has 1 aromatic rings. The third kappa shape index (κ3) is 3.42. The standard InChI is InChI=1S/C18H27NO/c1-2-11-19-13-17-4-3-12-20-18(17)16-9-7-15(8-10-16)14-5-6-14/h7-10,14,17-19H,2-6,11-13H2,1H3. The van der Waals surface area contributed by atoms with Crippen LogP contribution in [0.2, 0.25) is 0 Å². The van der Waals surface area contributed by atoms with E-state index < -0.39 is 0 Å². The van der Waals surface area contributed by atoms with Gasteiger partial charge in [0.2, 0.25) is 0 Å². The van der Waals surface area contributed by atoms with Crippen LogP contribution in [0, 0.1) is 5.92 Å². The van der Waals surface area contributed by atoms with Crippen molar-refractivity contribution in [2.24, 2.45) is 5.92 Å². The van der Waals surface area contributed by atoms with Gasteiger partial charge in [0.05, 0.1) is 6.10 Å². The summed E-state index contributed by atoms with van der Waals surface area (Å²) in [6, 6.07) is 9.25. The molecule has 1 N–H and O–H groups in total. The molecule has 2 unspecified atom stereocenters. The Kier molecular flexibility index (Phi) is 4.74.